The second kappa shape index (κ2) is 8.04. The van der Waals surface area contributed by atoms with Crippen molar-refractivity contribution in [3.05, 3.63) is 28.2 Å². The van der Waals surface area contributed by atoms with E-state index in [2.05, 4.69) is 46.4 Å². The Morgan fingerprint density at radius 3 is 2.70 bits per heavy atom. The molecule has 1 atom stereocenters. The Morgan fingerprint density at radius 2 is 2.10 bits per heavy atom. The van der Waals surface area contributed by atoms with Crippen LogP contribution in [0.25, 0.3) is 0 Å². The molecular formula is C17H26BrNO. The Kier molecular flexibility index (Phi) is 6.37. The predicted molar refractivity (Wildman–Crippen MR) is 88.3 cm³/mol. The molecule has 0 bridgehead atoms. The third-order valence-electron chi connectivity index (χ3n) is 4.37. The van der Waals surface area contributed by atoms with E-state index in [-0.39, 0.29) is 0 Å². The number of benzene rings is 1. The van der Waals surface area contributed by atoms with Crippen LogP contribution < -0.4 is 10.1 Å². The fourth-order valence-electron chi connectivity index (χ4n) is 3.23. The van der Waals surface area contributed by atoms with Crippen molar-refractivity contribution in [2.45, 2.75) is 51.5 Å². The van der Waals surface area contributed by atoms with Gasteiger partial charge in [-0.1, -0.05) is 54.6 Å². The minimum atomic E-state index is 0.445. The third-order valence-corrected chi connectivity index (χ3v) is 5.06. The smallest absolute Gasteiger partial charge is 0.120 e. The first-order valence-electron chi connectivity index (χ1n) is 7.81. The highest BCUT2D eigenvalue weighted by Gasteiger charge is 2.19. The lowest BCUT2D eigenvalue weighted by Crippen LogP contribution is -2.22. The molecule has 20 heavy (non-hydrogen) atoms. The van der Waals surface area contributed by atoms with Crippen molar-refractivity contribution in [2.75, 3.05) is 13.7 Å². The van der Waals surface area contributed by atoms with Crippen LogP contribution in [0.2, 0.25) is 0 Å². The number of nitrogens with one attached hydrogen (secondary N) is 1. The topological polar surface area (TPSA) is 21.3 Å². The maximum Gasteiger partial charge on any atom is 0.120 e. The van der Waals surface area contributed by atoms with Gasteiger partial charge in [-0.2, -0.15) is 0 Å². The quantitative estimate of drug-likeness (QED) is 0.747. The molecule has 1 saturated carbocycles. The summed E-state index contributed by atoms with van der Waals surface area (Å²) in [6.07, 6.45) is 8.30. The Balaban J connectivity index is 2.02. The highest BCUT2D eigenvalue weighted by molar-refractivity contribution is 9.10. The normalized spacial score (nSPS) is 17.4. The fourth-order valence-corrected chi connectivity index (χ4v) is 3.87. The first kappa shape index (κ1) is 15.8. The number of hydrogen-bond acceptors (Lipinski definition) is 2. The van der Waals surface area contributed by atoms with Gasteiger partial charge in [-0.05, 0) is 43.0 Å². The SMILES string of the molecule is CCNC(CCC1CCCC1)c1ccc(OC)cc1Br. The van der Waals surface area contributed by atoms with Gasteiger partial charge < -0.3 is 10.1 Å². The van der Waals surface area contributed by atoms with E-state index in [9.17, 15) is 0 Å². The van der Waals surface area contributed by atoms with E-state index in [1.807, 2.05) is 0 Å². The van der Waals surface area contributed by atoms with E-state index in [0.717, 1.165) is 22.7 Å². The molecule has 0 saturated heterocycles. The van der Waals surface area contributed by atoms with Gasteiger partial charge in [0.1, 0.15) is 5.75 Å². The van der Waals surface area contributed by atoms with Crippen molar-refractivity contribution in [1.82, 2.24) is 5.32 Å². The van der Waals surface area contributed by atoms with Gasteiger partial charge >= 0.3 is 0 Å². The average molecular weight is 340 g/mol. The van der Waals surface area contributed by atoms with Crippen LogP contribution in [0.1, 0.15) is 57.1 Å². The van der Waals surface area contributed by atoms with Gasteiger partial charge in [-0.25, -0.2) is 0 Å². The molecule has 0 heterocycles. The summed E-state index contributed by atoms with van der Waals surface area (Å²) < 4.78 is 6.43. The molecule has 2 nitrogen and oxygen atoms in total. The average Bonchev–Trinajstić information content (AvgIpc) is 2.97. The summed E-state index contributed by atoms with van der Waals surface area (Å²) in [4.78, 5) is 0. The molecule has 1 aliphatic carbocycles. The Morgan fingerprint density at radius 1 is 1.35 bits per heavy atom. The standard InChI is InChI=1S/C17H26BrNO/c1-3-19-17(11-8-13-6-4-5-7-13)15-10-9-14(20-2)12-16(15)18/h9-10,12-13,17,19H,3-8,11H2,1-2H3. The number of hydrogen-bond donors (Lipinski definition) is 1. The summed E-state index contributed by atoms with van der Waals surface area (Å²) in [5.41, 5.74) is 1.35. The minimum absolute atomic E-state index is 0.445. The zero-order chi connectivity index (χ0) is 14.4. The molecule has 3 heteroatoms. The predicted octanol–water partition coefficient (Wildman–Crippen LogP) is 5.08. The van der Waals surface area contributed by atoms with Crippen LogP contribution >= 0.6 is 15.9 Å². The summed E-state index contributed by atoms with van der Waals surface area (Å²) in [6.45, 7) is 3.19. The van der Waals surface area contributed by atoms with Crippen molar-refractivity contribution in [2.24, 2.45) is 5.92 Å². The highest BCUT2D eigenvalue weighted by atomic mass is 79.9. The molecule has 1 fully saturated rings. The molecule has 0 spiro atoms. The second-order valence-electron chi connectivity index (χ2n) is 5.73. The summed E-state index contributed by atoms with van der Waals surface area (Å²) in [7, 11) is 1.71. The Labute approximate surface area is 131 Å². The molecule has 1 unspecified atom stereocenters. The highest BCUT2D eigenvalue weighted by Crippen LogP contribution is 2.34. The van der Waals surface area contributed by atoms with E-state index in [1.54, 1.807) is 7.11 Å². The number of halogens is 1. The van der Waals surface area contributed by atoms with Crippen LogP contribution in [-0.2, 0) is 0 Å². The molecule has 1 N–H and O–H groups in total. The van der Waals surface area contributed by atoms with E-state index in [0.29, 0.717) is 6.04 Å². The summed E-state index contributed by atoms with van der Waals surface area (Å²) in [6, 6.07) is 6.75. The van der Waals surface area contributed by atoms with Gasteiger partial charge in [0.2, 0.25) is 0 Å². The van der Waals surface area contributed by atoms with Crippen molar-refractivity contribution in [3.63, 3.8) is 0 Å². The Hall–Kier alpha value is -0.540. The first-order chi connectivity index (χ1) is 9.74. The van der Waals surface area contributed by atoms with E-state index < -0.39 is 0 Å². The van der Waals surface area contributed by atoms with E-state index in [4.69, 9.17) is 4.74 Å². The van der Waals surface area contributed by atoms with Crippen LogP contribution in [0.5, 0.6) is 5.75 Å². The van der Waals surface area contributed by atoms with E-state index >= 15 is 0 Å². The minimum Gasteiger partial charge on any atom is -0.497 e. The maximum atomic E-state index is 5.28. The summed E-state index contributed by atoms with van der Waals surface area (Å²) >= 11 is 3.69. The molecule has 0 amide bonds. The molecule has 1 aromatic carbocycles. The largest absolute Gasteiger partial charge is 0.497 e. The molecule has 0 aliphatic heterocycles. The molecular weight excluding hydrogens is 314 g/mol. The Bertz CT molecular complexity index is 415. The van der Waals surface area contributed by atoms with Gasteiger partial charge in [0, 0.05) is 10.5 Å². The van der Waals surface area contributed by atoms with Crippen molar-refractivity contribution >= 4 is 15.9 Å². The molecule has 1 aromatic rings. The molecule has 0 aromatic heterocycles. The fraction of sp³-hybridized carbons (Fsp3) is 0.647. The second-order valence-corrected chi connectivity index (χ2v) is 6.58. The van der Waals surface area contributed by atoms with Gasteiger partial charge in [-0.3, -0.25) is 0 Å². The lowest BCUT2D eigenvalue weighted by Gasteiger charge is -2.22. The van der Waals surface area contributed by atoms with Gasteiger partial charge in [0.15, 0.2) is 0 Å². The van der Waals surface area contributed by atoms with Gasteiger partial charge in [-0.15, -0.1) is 0 Å². The summed E-state index contributed by atoms with van der Waals surface area (Å²) in [5, 5.41) is 3.63. The zero-order valence-corrected chi connectivity index (χ0v) is 14.2. The zero-order valence-electron chi connectivity index (χ0n) is 12.6. The molecule has 2 rings (SSSR count). The monoisotopic (exact) mass is 339 g/mol. The van der Waals surface area contributed by atoms with Crippen LogP contribution in [0.15, 0.2) is 22.7 Å². The van der Waals surface area contributed by atoms with Gasteiger partial charge in [0.25, 0.3) is 0 Å². The van der Waals surface area contributed by atoms with Crippen LogP contribution in [0.4, 0.5) is 0 Å². The number of ether oxygens (including phenoxy) is 1. The van der Waals surface area contributed by atoms with Crippen LogP contribution in [0, 0.1) is 5.92 Å². The third kappa shape index (κ3) is 4.23. The number of methoxy groups -OCH3 is 1. The molecule has 112 valence electrons. The lowest BCUT2D eigenvalue weighted by atomic mass is 9.94. The molecule has 0 radical (unpaired) electrons. The summed E-state index contributed by atoms with van der Waals surface area (Å²) in [5.74, 6) is 1.86. The first-order valence-corrected chi connectivity index (χ1v) is 8.60. The van der Waals surface area contributed by atoms with Crippen LogP contribution in [0.3, 0.4) is 0 Å². The van der Waals surface area contributed by atoms with Crippen molar-refractivity contribution in [1.29, 1.82) is 0 Å². The van der Waals surface area contributed by atoms with E-state index in [1.165, 1.54) is 44.1 Å². The lowest BCUT2D eigenvalue weighted by molar-refractivity contribution is 0.408. The number of rotatable bonds is 7. The van der Waals surface area contributed by atoms with Crippen molar-refractivity contribution < 1.29 is 4.74 Å². The van der Waals surface area contributed by atoms with Crippen LogP contribution in [-0.4, -0.2) is 13.7 Å². The van der Waals surface area contributed by atoms with Crippen molar-refractivity contribution in [3.8, 4) is 5.75 Å². The maximum absolute atomic E-state index is 5.28. The van der Waals surface area contributed by atoms with Gasteiger partial charge in [0.05, 0.1) is 7.11 Å². The molecule has 1 aliphatic rings.